The summed E-state index contributed by atoms with van der Waals surface area (Å²) < 4.78 is 39.7. The van der Waals surface area contributed by atoms with Crippen LogP contribution in [0.1, 0.15) is 50.2 Å². The fourth-order valence-corrected chi connectivity index (χ4v) is 5.13. The van der Waals surface area contributed by atoms with Gasteiger partial charge in [-0.1, -0.05) is 55.2 Å². The molecule has 0 spiro atoms. The standard InChI is InChI=1S/C26H34FN3O4S/c1-19-12-14-21(15-13-19)17-29(20(2)26(32)28-23-9-5-4-6-10-23)25(31)18-30(35(3,33)34)24-11-7-8-22(27)16-24/h7-8,11-16,20,23H,4-6,9-10,17-18H2,1-3H3,(H,28,32)/t20-/m0/s1. The van der Waals surface area contributed by atoms with Gasteiger partial charge in [-0.3, -0.25) is 13.9 Å². The third-order valence-electron chi connectivity index (χ3n) is 6.37. The highest BCUT2D eigenvalue weighted by Crippen LogP contribution is 2.21. The van der Waals surface area contributed by atoms with Crippen LogP contribution in [-0.2, 0) is 26.2 Å². The maximum absolute atomic E-state index is 13.8. The van der Waals surface area contributed by atoms with Gasteiger partial charge in [-0.25, -0.2) is 12.8 Å². The molecule has 35 heavy (non-hydrogen) atoms. The Morgan fingerprint density at radius 3 is 2.34 bits per heavy atom. The second kappa shape index (κ2) is 11.7. The number of halogens is 1. The summed E-state index contributed by atoms with van der Waals surface area (Å²) in [5, 5.41) is 3.06. The summed E-state index contributed by atoms with van der Waals surface area (Å²) >= 11 is 0. The molecular formula is C26H34FN3O4S. The lowest BCUT2D eigenvalue weighted by molar-refractivity contribution is -0.139. The first kappa shape index (κ1) is 26.7. The largest absolute Gasteiger partial charge is 0.352 e. The lowest BCUT2D eigenvalue weighted by atomic mass is 9.95. The molecular weight excluding hydrogens is 469 g/mol. The van der Waals surface area contributed by atoms with Gasteiger partial charge in [0.05, 0.1) is 11.9 Å². The molecule has 0 heterocycles. The summed E-state index contributed by atoms with van der Waals surface area (Å²) in [4.78, 5) is 28.0. The van der Waals surface area contributed by atoms with E-state index < -0.39 is 34.3 Å². The van der Waals surface area contributed by atoms with Gasteiger partial charge in [0.15, 0.2) is 0 Å². The highest BCUT2D eigenvalue weighted by atomic mass is 32.2. The molecule has 0 aliphatic heterocycles. The molecule has 0 unspecified atom stereocenters. The molecule has 7 nitrogen and oxygen atoms in total. The van der Waals surface area contributed by atoms with Crippen molar-refractivity contribution in [1.29, 1.82) is 0 Å². The Bertz CT molecular complexity index is 1130. The number of amides is 2. The molecule has 1 atom stereocenters. The number of carbonyl (C=O) groups is 2. The Morgan fingerprint density at radius 2 is 1.74 bits per heavy atom. The van der Waals surface area contributed by atoms with E-state index in [1.54, 1.807) is 6.92 Å². The molecule has 3 rings (SSSR count). The number of nitrogens with zero attached hydrogens (tertiary/aromatic N) is 2. The molecule has 1 fully saturated rings. The third-order valence-corrected chi connectivity index (χ3v) is 7.51. The van der Waals surface area contributed by atoms with Crippen LogP contribution < -0.4 is 9.62 Å². The van der Waals surface area contributed by atoms with Gasteiger partial charge >= 0.3 is 0 Å². The van der Waals surface area contributed by atoms with Gasteiger partial charge in [0.25, 0.3) is 0 Å². The second-order valence-corrected chi connectivity index (χ2v) is 11.2. The highest BCUT2D eigenvalue weighted by Gasteiger charge is 2.31. The summed E-state index contributed by atoms with van der Waals surface area (Å²) in [5.41, 5.74) is 1.93. The topological polar surface area (TPSA) is 86.8 Å². The molecule has 1 aliphatic carbocycles. The molecule has 2 aromatic rings. The van der Waals surface area contributed by atoms with E-state index in [1.807, 2.05) is 31.2 Å². The lowest BCUT2D eigenvalue weighted by Crippen LogP contribution is -2.52. The molecule has 9 heteroatoms. The van der Waals surface area contributed by atoms with Crippen LogP contribution in [0.3, 0.4) is 0 Å². The van der Waals surface area contributed by atoms with E-state index in [9.17, 15) is 22.4 Å². The van der Waals surface area contributed by atoms with Gasteiger partial charge in [-0.15, -0.1) is 0 Å². The van der Waals surface area contributed by atoms with Gasteiger partial charge in [0, 0.05) is 12.6 Å². The first-order chi connectivity index (χ1) is 16.5. The predicted octanol–water partition coefficient (Wildman–Crippen LogP) is 3.77. The molecule has 2 aromatic carbocycles. The van der Waals surface area contributed by atoms with E-state index >= 15 is 0 Å². The first-order valence-electron chi connectivity index (χ1n) is 11.9. The molecule has 190 valence electrons. The number of carbonyl (C=O) groups excluding carboxylic acids is 2. The monoisotopic (exact) mass is 503 g/mol. The number of aryl methyl sites for hydroxylation is 1. The van der Waals surface area contributed by atoms with Crippen LogP contribution in [0.5, 0.6) is 0 Å². The molecule has 1 saturated carbocycles. The quantitative estimate of drug-likeness (QED) is 0.565. The molecule has 2 amide bonds. The average Bonchev–Trinajstić information content (AvgIpc) is 2.81. The zero-order chi connectivity index (χ0) is 25.6. The average molecular weight is 504 g/mol. The van der Waals surface area contributed by atoms with Crippen molar-refractivity contribution < 1.29 is 22.4 Å². The number of hydrogen-bond acceptors (Lipinski definition) is 4. The summed E-state index contributed by atoms with van der Waals surface area (Å²) in [6.07, 6.45) is 6.05. The second-order valence-electron chi connectivity index (χ2n) is 9.28. The van der Waals surface area contributed by atoms with Crippen molar-refractivity contribution in [3.8, 4) is 0 Å². The van der Waals surface area contributed by atoms with Crippen molar-refractivity contribution >= 4 is 27.5 Å². The Kier molecular flexibility index (Phi) is 8.88. The Balaban J connectivity index is 1.86. The zero-order valence-corrected chi connectivity index (χ0v) is 21.4. The van der Waals surface area contributed by atoms with Crippen LogP contribution in [0, 0.1) is 12.7 Å². The SMILES string of the molecule is Cc1ccc(CN(C(=O)CN(c2cccc(F)c2)S(C)(=O)=O)[C@@H](C)C(=O)NC2CCCCC2)cc1. The number of rotatable bonds is 9. The summed E-state index contributed by atoms with van der Waals surface area (Å²) in [7, 11) is -3.89. The van der Waals surface area contributed by atoms with Crippen molar-refractivity contribution in [2.24, 2.45) is 0 Å². The fourth-order valence-electron chi connectivity index (χ4n) is 4.29. The van der Waals surface area contributed by atoms with Crippen molar-refractivity contribution in [1.82, 2.24) is 10.2 Å². The Hall–Kier alpha value is -2.94. The van der Waals surface area contributed by atoms with Gasteiger partial charge in [-0.05, 0) is 50.5 Å². The van der Waals surface area contributed by atoms with Crippen LogP contribution in [-0.4, -0.2) is 50.0 Å². The Labute approximate surface area is 207 Å². The minimum absolute atomic E-state index is 0.0513. The first-order valence-corrected chi connectivity index (χ1v) is 13.8. The van der Waals surface area contributed by atoms with Crippen LogP contribution in [0.15, 0.2) is 48.5 Å². The van der Waals surface area contributed by atoms with Crippen LogP contribution in [0.25, 0.3) is 0 Å². The van der Waals surface area contributed by atoms with Crippen molar-refractivity contribution in [2.75, 3.05) is 17.1 Å². The maximum Gasteiger partial charge on any atom is 0.244 e. The van der Waals surface area contributed by atoms with E-state index in [0.717, 1.165) is 59.9 Å². The van der Waals surface area contributed by atoms with Crippen LogP contribution in [0.2, 0.25) is 0 Å². The number of hydrogen-bond donors (Lipinski definition) is 1. The van der Waals surface area contributed by atoms with Crippen molar-refractivity contribution in [2.45, 2.75) is 64.6 Å². The zero-order valence-electron chi connectivity index (χ0n) is 20.5. The fraction of sp³-hybridized carbons (Fsp3) is 0.462. The molecule has 1 N–H and O–H groups in total. The molecule has 1 aliphatic rings. The van der Waals surface area contributed by atoms with E-state index in [2.05, 4.69) is 5.32 Å². The smallest absolute Gasteiger partial charge is 0.244 e. The number of anilines is 1. The van der Waals surface area contributed by atoms with E-state index in [0.29, 0.717) is 0 Å². The van der Waals surface area contributed by atoms with Crippen LogP contribution >= 0.6 is 0 Å². The molecule has 0 bridgehead atoms. The molecule has 0 radical (unpaired) electrons. The number of sulfonamides is 1. The summed E-state index contributed by atoms with van der Waals surface area (Å²) in [6.45, 7) is 3.20. The highest BCUT2D eigenvalue weighted by molar-refractivity contribution is 7.92. The van der Waals surface area contributed by atoms with Gasteiger partial charge in [0.1, 0.15) is 18.4 Å². The lowest BCUT2D eigenvalue weighted by Gasteiger charge is -2.33. The third kappa shape index (κ3) is 7.52. The molecule has 0 aromatic heterocycles. The summed E-state index contributed by atoms with van der Waals surface area (Å²) in [5.74, 6) is -1.43. The number of nitrogens with one attached hydrogen (secondary N) is 1. The van der Waals surface area contributed by atoms with Gasteiger partial charge in [0.2, 0.25) is 21.8 Å². The minimum atomic E-state index is -3.89. The summed E-state index contributed by atoms with van der Waals surface area (Å²) in [6, 6.07) is 11.9. The minimum Gasteiger partial charge on any atom is -0.352 e. The normalized spacial score (nSPS) is 15.3. The molecule has 0 saturated heterocycles. The Morgan fingerprint density at radius 1 is 1.09 bits per heavy atom. The van der Waals surface area contributed by atoms with E-state index in [1.165, 1.54) is 23.1 Å². The predicted molar refractivity (Wildman–Crippen MR) is 135 cm³/mol. The van der Waals surface area contributed by atoms with Crippen LogP contribution in [0.4, 0.5) is 10.1 Å². The van der Waals surface area contributed by atoms with Gasteiger partial charge in [-0.2, -0.15) is 0 Å². The maximum atomic E-state index is 13.8. The van der Waals surface area contributed by atoms with E-state index in [-0.39, 0.29) is 24.2 Å². The van der Waals surface area contributed by atoms with Gasteiger partial charge < -0.3 is 10.2 Å². The van der Waals surface area contributed by atoms with E-state index in [4.69, 9.17) is 0 Å². The van der Waals surface area contributed by atoms with Crippen molar-refractivity contribution in [3.05, 3.63) is 65.5 Å². The number of benzene rings is 2. The van der Waals surface area contributed by atoms with Crippen molar-refractivity contribution in [3.63, 3.8) is 0 Å².